The van der Waals surface area contributed by atoms with Crippen LogP contribution in [0, 0.1) is 32.5 Å². The minimum atomic E-state index is -0.403. The summed E-state index contributed by atoms with van der Waals surface area (Å²) in [6.45, 7) is 6.80. The quantitative estimate of drug-likeness (QED) is 0.216. The molecule has 1 aliphatic carbocycles. The summed E-state index contributed by atoms with van der Waals surface area (Å²) in [5, 5.41) is 4.89. The second-order valence-electron chi connectivity index (χ2n) is 10.5. The molecule has 39 heavy (non-hydrogen) atoms. The molecule has 0 saturated heterocycles. The van der Waals surface area contributed by atoms with Crippen molar-refractivity contribution >= 4 is 27.5 Å². The van der Waals surface area contributed by atoms with Crippen molar-refractivity contribution in [3.63, 3.8) is 0 Å². The molecule has 200 valence electrons. The van der Waals surface area contributed by atoms with Crippen LogP contribution < -0.4 is 19.5 Å². The fourth-order valence-corrected chi connectivity index (χ4v) is 5.30. The van der Waals surface area contributed by atoms with E-state index in [9.17, 15) is 0 Å². The standard InChI is InChI=1S/C32H32FN3O3/c1-18-6-5-7-25(20(18)3)36-22-13-21(14-22)17-38-31-16-27-23(15-30(31)37-4)28(10-11-34-27)39-29-9-8-26-24(32(29)33)12-19(2)35-26/h5-12,15-16,21-22,35-36H,13-14,17H2,1-4H3. The Bertz CT molecular complexity index is 1670. The minimum Gasteiger partial charge on any atom is -0.493 e. The molecular weight excluding hydrogens is 493 g/mol. The highest BCUT2D eigenvalue weighted by Crippen LogP contribution is 2.39. The van der Waals surface area contributed by atoms with Crippen LogP contribution >= 0.6 is 0 Å². The Morgan fingerprint density at radius 3 is 2.62 bits per heavy atom. The monoisotopic (exact) mass is 525 g/mol. The number of ether oxygens (including phenoxy) is 3. The van der Waals surface area contributed by atoms with Crippen molar-refractivity contribution in [2.75, 3.05) is 19.0 Å². The molecule has 0 radical (unpaired) electrons. The molecule has 1 saturated carbocycles. The molecule has 6 rings (SSSR count). The van der Waals surface area contributed by atoms with E-state index in [0.29, 0.717) is 52.1 Å². The van der Waals surface area contributed by atoms with E-state index >= 15 is 4.39 Å². The van der Waals surface area contributed by atoms with Crippen LogP contribution in [-0.2, 0) is 0 Å². The number of hydrogen-bond acceptors (Lipinski definition) is 5. The van der Waals surface area contributed by atoms with Crippen LogP contribution in [0.1, 0.15) is 29.7 Å². The molecule has 0 unspecified atom stereocenters. The van der Waals surface area contributed by atoms with Crippen LogP contribution in [0.2, 0.25) is 0 Å². The summed E-state index contributed by atoms with van der Waals surface area (Å²) in [6, 6.07) is 17.5. The maximum absolute atomic E-state index is 15.2. The van der Waals surface area contributed by atoms with Gasteiger partial charge in [-0.25, -0.2) is 4.39 Å². The molecule has 1 fully saturated rings. The summed E-state index contributed by atoms with van der Waals surface area (Å²) in [4.78, 5) is 7.65. The summed E-state index contributed by atoms with van der Waals surface area (Å²) < 4.78 is 33.1. The molecule has 0 aliphatic heterocycles. The third-order valence-corrected chi connectivity index (χ3v) is 7.72. The molecule has 5 aromatic rings. The van der Waals surface area contributed by atoms with Crippen molar-refractivity contribution in [3.8, 4) is 23.0 Å². The lowest BCUT2D eigenvalue weighted by Crippen LogP contribution is -2.38. The van der Waals surface area contributed by atoms with Gasteiger partial charge < -0.3 is 24.5 Å². The van der Waals surface area contributed by atoms with Gasteiger partial charge in [-0.05, 0) is 87.1 Å². The van der Waals surface area contributed by atoms with Gasteiger partial charge in [-0.15, -0.1) is 0 Å². The van der Waals surface area contributed by atoms with Gasteiger partial charge in [-0.2, -0.15) is 0 Å². The van der Waals surface area contributed by atoms with Crippen molar-refractivity contribution in [3.05, 3.63) is 83.4 Å². The maximum atomic E-state index is 15.2. The Labute approximate surface area is 227 Å². The van der Waals surface area contributed by atoms with Crippen LogP contribution in [0.3, 0.4) is 0 Å². The van der Waals surface area contributed by atoms with Crippen molar-refractivity contribution < 1.29 is 18.6 Å². The third-order valence-electron chi connectivity index (χ3n) is 7.72. The summed E-state index contributed by atoms with van der Waals surface area (Å²) >= 11 is 0. The highest BCUT2D eigenvalue weighted by molar-refractivity contribution is 5.89. The van der Waals surface area contributed by atoms with Crippen LogP contribution in [-0.4, -0.2) is 29.7 Å². The fourth-order valence-electron chi connectivity index (χ4n) is 5.30. The zero-order chi connectivity index (χ0) is 27.1. The Hall–Kier alpha value is -4.26. The number of pyridine rings is 1. The number of aromatic nitrogens is 2. The number of nitrogens with one attached hydrogen (secondary N) is 2. The average Bonchev–Trinajstić information content (AvgIpc) is 3.30. The van der Waals surface area contributed by atoms with E-state index in [2.05, 4.69) is 47.3 Å². The molecule has 1 aliphatic rings. The summed E-state index contributed by atoms with van der Waals surface area (Å²) in [6.07, 6.45) is 3.76. The number of fused-ring (bicyclic) bond motifs is 2. The normalized spacial score (nSPS) is 16.7. The highest BCUT2D eigenvalue weighted by atomic mass is 19.1. The number of anilines is 1. The fraction of sp³-hybridized carbons (Fsp3) is 0.281. The van der Waals surface area contributed by atoms with Crippen molar-refractivity contribution in [2.45, 2.75) is 39.7 Å². The topological polar surface area (TPSA) is 68.4 Å². The van der Waals surface area contributed by atoms with E-state index < -0.39 is 5.82 Å². The Balaban J connectivity index is 1.16. The first-order valence-corrected chi connectivity index (χ1v) is 13.3. The molecule has 3 aromatic carbocycles. The number of rotatable bonds is 8. The van der Waals surface area contributed by atoms with E-state index in [1.807, 2.05) is 25.1 Å². The summed E-state index contributed by atoms with van der Waals surface area (Å²) in [5.41, 5.74) is 6.12. The Morgan fingerprint density at radius 2 is 1.79 bits per heavy atom. The Morgan fingerprint density at radius 1 is 0.949 bits per heavy atom. The van der Waals surface area contributed by atoms with Gasteiger partial charge in [-0.3, -0.25) is 4.98 Å². The first-order valence-electron chi connectivity index (χ1n) is 13.3. The molecule has 2 N–H and O–H groups in total. The van der Waals surface area contributed by atoms with Crippen LogP contribution in [0.5, 0.6) is 23.0 Å². The van der Waals surface area contributed by atoms with Gasteiger partial charge in [0.1, 0.15) is 5.75 Å². The highest BCUT2D eigenvalue weighted by Gasteiger charge is 2.30. The minimum absolute atomic E-state index is 0.155. The van der Waals surface area contributed by atoms with Crippen LogP contribution in [0.4, 0.5) is 10.1 Å². The number of nitrogens with zero attached hydrogens (tertiary/aromatic N) is 1. The second-order valence-corrected chi connectivity index (χ2v) is 10.5. The number of aryl methyl sites for hydroxylation is 2. The SMILES string of the molecule is COc1cc2c(Oc3ccc4[nH]c(C)cc4c3F)ccnc2cc1OCC1CC(Nc2cccc(C)c2C)C1. The van der Waals surface area contributed by atoms with Gasteiger partial charge in [0.05, 0.1) is 19.2 Å². The van der Waals surface area contributed by atoms with E-state index in [-0.39, 0.29) is 5.75 Å². The largest absolute Gasteiger partial charge is 0.493 e. The van der Waals surface area contributed by atoms with Gasteiger partial charge in [0, 0.05) is 46.0 Å². The smallest absolute Gasteiger partial charge is 0.175 e. The lowest BCUT2D eigenvalue weighted by atomic mass is 9.80. The number of methoxy groups -OCH3 is 1. The van der Waals surface area contributed by atoms with E-state index in [0.717, 1.165) is 24.1 Å². The van der Waals surface area contributed by atoms with Crippen molar-refractivity contribution in [1.29, 1.82) is 0 Å². The maximum Gasteiger partial charge on any atom is 0.175 e. The molecular formula is C32H32FN3O3. The molecule has 0 amide bonds. The van der Waals surface area contributed by atoms with Gasteiger partial charge in [0.25, 0.3) is 0 Å². The number of halogens is 1. The molecule has 0 atom stereocenters. The molecule has 2 heterocycles. The lowest BCUT2D eigenvalue weighted by molar-refractivity contribution is 0.164. The summed E-state index contributed by atoms with van der Waals surface area (Å²) in [5.74, 6) is 1.93. The predicted molar refractivity (Wildman–Crippen MR) is 153 cm³/mol. The van der Waals surface area contributed by atoms with Crippen LogP contribution in [0.25, 0.3) is 21.8 Å². The molecule has 2 aromatic heterocycles. The summed E-state index contributed by atoms with van der Waals surface area (Å²) in [7, 11) is 1.61. The van der Waals surface area contributed by atoms with E-state index in [4.69, 9.17) is 14.2 Å². The zero-order valence-electron chi connectivity index (χ0n) is 22.6. The Kier molecular flexibility index (Phi) is 6.51. The van der Waals surface area contributed by atoms with E-state index in [1.54, 1.807) is 31.5 Å². The van der Waals surface area contributed by atoms with Gasteiger partial charge >= 0.3 is 0 Å². The lowest BCUT2D eigenvalue weighted by Gasteiger charge is -2.36. The van der Waals surface area contributed by atoms with E-state index in [1.165, 1.54) is 16.8 Å². The van der Waals surface area contributed by atoms with Crippen LogP contribution in [0.15, 0.2) is 60.8 Å². The number of H-pyrrole nitrogens is 1. The van der Waals surface area contributed by atoms with Gasteiger partial charge in [0.15, 0.2) is 23.1 Å². The molecule has 7 heteroatoms. The number of aromatic amines is 1. The third kappa shape index (κ3) is 4.85. The van der Waals surface area contributed by atoms with Gasteiger partial charge in [0.2, 0.25) is 0 Å². The first-order chi connectivity index (χ1) is 18.9. The number of hydrogen-bond donors (Lipinski definition) is 2. The second kappa shape index (κ2) is 10.1. The zero-order valence-corrected chi connectivity index (χ0v) is 22.6. The molecule has 6 nitrogen and oxygen atoms in total. The molecule has 0 bridgehead atoms. The van der Waals surface area contributed by atoms with Crippen molar-refractivity contribution in [2.24, 2.45) is 5.92 Å². The molecule has 0 spiro atoms. The van der Waals surface area contributed by atoms with Crippen molar-refractivity contribution in [1.82, 2.24) is 9.97 Å². The van der Waals surface area contributed by atoms with Gasteiger partial charge in [-0.1, -0.05) is 12.1 Å². The average molecular weight is 526 g/mol. The first kappa shape index (κ1) is 25.0. The predicted octanol–water partition coefficient (Wildman–Crippen LogP) is 7.85. The number of benzene rings is 3.